The summed E-state index contributed by atoms with van der Waals surface area (Å²) in [5.41, 5.74) is 4.71. The molecular formula is C22H28N6O3. The minimum absolute atomic E-state index is 0.0794. The van der Waals surface area contributed by atoms with Crippen LogP contribution >= 0.6 is 0 Å². The Bertz CT molecular complexity index is 1090. The Hall–Kier alpha value is -3.07. The monoisotopic (exact) mass is 424 g/mol. The molecule has 1 aliphatic rings. The highest BCUT2D eigenvalue weighted by Crippen LogP contribution is 2.31. The van der Waals surface area contributed by atoms with Crippen LogP contribution in [-0.2, 0) is 13.2 Å². The number of piperidine rings is 1. The average molecular weight is 425 g/mol. The van der Waals surface area contributed by atoms with E-state index in [1.165, 1.54) is 0 Å². The van der Waals surface area contributed by atoms with E-state index in [0.717, 1.165) is 47.6 Å². The summed E-state index contributed by atoms with van der Waals surface area (Å²) >= 11 is 0. The lowest BCUT2D eigenvalue weighted by molar-refractivity contribution is 0.0701. The molecule has 31 heavy (non-hydrogen) atoms. The summed E-state index contributed by atoms with van der Waals surface area (Å²) in [6.07, 6.45) is 3.25. The molecule has 1 saturated heterocycles. The van der Waals surface area contributed by atoms with E-state index in [4.69, 9.17) is 4.52 Å². The van der Waals surface area contributed by atoms with Gasteiger partial charge in [0.15, 0.2) is 11.5 Å². The van der Waals surface area contributed by atoms with Crippen LogP contribution in [0.1, 0.15) is 64.6 Å². The largest absolute Gasteiger partial charge is 0.392 e. The van der Waals surface area contributed by atoms with Crippen LogP contribution in [0.4, 0.5) is 0 Å². The second kappa shape index (κ2) is 8.58. The first-order valence-electron chi connectivity index (χ1n) is 10.7. The Balaban J connectivity index is 1.47. The molecule has 3 aromatic rings. The number of carbonyl (C=O) groups excluding carboxylic acids is 1. The van der Waals surface area contributed by atoms with Gasteiger partial charge in [-0.05, 0) is 40.5 Å². The number of rotatable bonds is 5. The minimum atomic E-state index is -0.132. The van der Waals surface area contributed by atoms with Crippen LogP contribution in [0.3, 0.4) is 0 Å². The van der Waals surface area contributed by atoms with Gasteiger partial charge in [-0.25, -0.2) is 9.97 Å². The van der Waals surface area contributed by atoms with Crippen molar-refractivity contribution >= 4 is 5.91 Å². The molecular weight excluding hydrogens is 396 g/mol. The van der Waals surface area contributed by atoms with Crippen molar-refractivity contribution in [2.24, 2.45) is 0 Å². The predicted octanol–water partition coefficient (Wildman–Crippen LogP) is 2.79. The third-order valence-corrected chi connectivity index (χ3v) is 6.01. The molecule has 0 aromatic carbocycles. The Morgan fingerprint density at radius 1 is 1.26 bits per heavy atom. The molecule has 9 nitrogen and oxygen atoms in total. The first-order chi connectivity index (χ1) is 14.9. The number of hydrogen-bond donors (Lipinski definition) is 1. The van der Waals surface area contributed by atoms with Crippen molar-refractivity contribution in [1.29, 1.82) is 0 Å². The number of amides is 1. The summed E-state index contributed by atoms with van der Waals surface area (Å²) < 4.78 is 7.43. The number of hydrogen-bond acceptors (Lipinski definition) is 7. The van der Waals surface area contributed by atoms with Gasteiger partial charge in [0.25, 0.3) is 5.91 Å². The third kappa shape index (κ3) is 3.97. The third-order valence-electron chi connectivity index (χ3n) is 6.01. The fourth-order valence-electron chi connectivity index (χ4n) is 4.36. The van der Waals surface area contributed by atoms with Gasteiger partial charge in [-0.2, -0.15) is 5.10 Å². The smallest absolute Gasteiger partial charge is 0.276 e. The molecule has 0 aliphatic carbocycles. The molecule has 164 valence electrons. The highest BCUT2D eigenvalue weighted by atomic mass is 16.5. The molecule has 0 atom stereocenters. The van der Waals surface area contributed by atoms with Gasteiger partial charge in [0.05, 0.1) is 23.6 Å². The van der Waals surface area contributed by atoms with Crippen molar-refractivity contribution in [1.82, 2.24) is 29.8 Å². The van der Waals surface area contributed by atoms with Gasteiger partial charge in [-0.15, -0.1) is 0 Å². The lowest BCUT2D eigenvalue weighted by Crippen LogP contribution is -2.38. The Labute approximate surface area is 181 Å². The zero-order chi connectivity index (χ0) is 22.1. The van der Waals surface area contributed by atoms with Crippen LogP contribution in [0.5, 0.6) is 0 Å². The summed E-state index contributed by atoms with van der Waals surface area (Å²) in [7, 11) is 0. The quantitative estimate of drug-likeness (QED) is 0.670. The molecule has 0 radical (unpaired) electrons. The number of likely N-dealkylation sites (tertiary alicyclic amines) is 1. The Kier molecular flexibility index (Phi) is 5.86. The highest BCUT2D eigenvalue weighted by molar-refractivity contribution is 5.93. The van der Waals surface area contributed by atoms with Crippen LogP contribution in [-0.4, -0.2) is 53.9 Å². The molecule has 1 aliphatic heterocycles. The standard InChI is InChI=1S/C22H28N6O3/c1-5-28-14(3)20(13(2)25-28)19-10-18(26-31-19)22(30)27-8-6-16(7-9-27)21-17(12-29)11-23-15(4)24-21/h10-11,16,29H,5-9,12H2,1-4H3. The van der Waals surface area contributed by atoms with Gasteiger partial charge in [0, 0.05) is 49.1 Å². The molecule has 1 N–H and O–H groups in total. The van der Waals surface area contributed by atoms with Gasteiger partial charge in [-0.1, -0.05) is 5.16 Å². The van der Waals surface area contributed by atoms with Crippen LogP contribution in [0, 0.1) is 20.8 Å². The maximum Gasteiger partial charge on any atom is 0.276 e. The molecule has 1 amide bonds. The van der Waals surface area contributed by atoms with Gasteiger partial charge in [0.1, 0.15) is 5.82 Å². The van der Waals surface area contributed by atoms with E-state index in [2.05, 4.69) is 20.2 Å². The predicted molar refractivity (Wildman–Crippen MR) is 113 cm³/mol. The van der Waals surface area contributed by atoms with Gasteiger partial charge in [-0.3, -0.25) is 9.48 Å². The maximum atomic E-state index is 13.0. The molecule has 4 rings (SSSR count). The average Bonchev–Trinajstić information content (AvgIpc) is 3.37. The molecule has 3 aromatic heterocycles. The molecule has 1 fully saturated rings. The fraction of sp³-hybridized carbons (Fsp3) is 0.500. The Morgan fingerprint density at radius 3 is 2.65 bits per heavy atom. The lowest BCUT2D eigenvalue weighted by atomic mass is 9.90. The van der Waals surface area contributed by atoms with Gasteiger partial charge < -0.3 is 14.5 Å². The second-order valence-corrected chi connectivity index (χ2v) is 7.99. The maximum absolute atomic E-state index is 13.0. The number of aryl methyl sites for hydroxylation is 3. The van der Waals surface area contributed by atoms with E-state index in [0.29, 0.717) is 30.4 Å². The SMILES string of the molecule is CCn1nc(C)c(-c2cc(C(=O)N3CCC(c4nc(C)ncc4CO)CC3)no2)c1C. The summed E-state index contributed by atoms with van der Waals surface area (Å²) in [5, 5.41) is 18.2. The van der Waals surface area contributed by atoms with E-state index in [9.17, 15) is 9.90 Å². The number of aliphatic hydroxyl groups is 1. The van der Waals surface area contributed by atoms with Gasteiger partial charge in [0.2, 0.25) is 0 Å². The highest BCUT2D eigenvalue weighted by Gasteiger charge is 2.29. The van der Waals surface area contributed by atoms with Gasteiger partial charge >= 0.3 is 0 Å². The van der Waals surface area contributed by atoms with Crippen molar-refractivity contribution < 1.29 is 14.4 Å². The van der Waals surface area contributed by atoms with Crippen molar-refractivity contribution in [3.05, 3.63) is 46.4 Å². The van der Waals surface area contributed by atoms with E-state index in [1.54, 1.807) is 17.2 Å². The Morgan fingerprint density at radius 2 is 2.00 bits per heavy atom. The van der Waals surface area contributed by atoms with E-state index in [-0.39, 0.29) is 18.4 Å². The lowest BCUT2D eigenvalue weighted by Gasteiger charge is -2.31. The molecule has 0 unspecified atom stereocenters. The number of aliphatic hydroxyl groups excluding tert-OH is 1. The summed E-state index contributed by atoms with van der Waals surface area (Å²) in [6.45, 7) is 9.70. The minimum Gasteiger partial charge on any atom is -0.392 e. The van der Waals surface area contributed by atoms with Crippen LogP contribution in [0.25, 0.3) is 11.3 Å². The number of aromatic nitrogens is 5. The molecule has 0 bridgehead atoms. The summed E-state index contributed by atoms with van der Waals surface area (Å²) in [4.78, 5) is 23.5. The summed E-state index contributed by atoms with van der Waals surface area (Å²) in [5.74, 6) is 1.33. The zero-order valence-electron chi connectivity index (χ0n) is 18.4. The number of nitrogens with zero attached hydrogens (tertiary/aromatic N) is 6. The fourth-order valence-corrected chi connectivity index (χ4v) is 4.36. The normalized spacial score (nSPS) is 14.9. The topological polar surface area (TPSA) is 110 Å². The van der Waals surface area contributed by atoms with Crippen molar-refractivity contribution in [2.45, 2.75) is 59.6 Å². The second-order valence-electron chi connectivity index (χ2n) is 7.99. The zero-order valence-corrected chi connectivity index (χ0v) is 18.4. The summed E-state index contributed by atoms with van der Waals surface area (Å²) in [6, 6.07) is 1.71. The molecule has 0 saturated carbocycles. The molecule has 4 heterocycles. The number of carbonyl (C=O) groups is 1. The van der Waals surface area contributed by atoms with Crippen molar-refractivity contribution in [3.8, 4) is 11.3 Å². The first kappa shape index (κ1) is 21.2. The van der Waals surface area contributed by atoms with E-state index >= 15 is 0 Å². The molecule has 9 heteroatoms. The van der Waals surface area contributed by atoms with Crippen molar-refractivity contribution in [3.63, 3.8) is 0 Å². The van der Waals surface area contributed by atoms with Crippen LogP contribution in [0.15, 0.2) is 16.8 Å². The van der Waals surface area contributed by atoms with Crippen molar-refractivity contribution in [2.75, 3.05) is 13.1 Å². The van der Waals surface area contributed by atoms with Crippen LogP contribution in [0.2, 0.25) is 0 Å². The van der Waals surface area contributed by atoms with E-state index < -0.39 is 0 Å². The van der Waals surface area contributed by atoms with E-state index in [1.807, 2.05) is 32.4 Å². The molecule has 0 spiro atoms. The first-order valence-corrected chi connectivity index (χ1v) is 10.7. The van der Waals surface area contributed by atoms with Crippen LogP contribution < -0.4 is 0 Å².